The molecule has 0 aliphatic carbocycles. The molecule has 0 fully saturated rings. The van der Waals surface area contributed by atoms with Gasteiger partial charge in [0.25, 0.3) is 0 Å². The van der Waals surface area contributed by atoms with Crippen LogP contribution in [0.3, 0.4) is 0 Å². The first-order valence-electron chi connectivity index (χ1n) is 8.61. The minimum atomic E-state index is -0.170. The molecule has 0 saturated heterocycles. The zero-order chi connectivity index (χ0) is 18.6. The number of rotatable bonds is 4. The molecule has 0 aromatic heterocycles. The van der Waals surface area contributed by atoms with Gasteiger partial charge in [-0.15, -0.1) is 0 Å². The Balaban J connectivity index is 1.63. The van der Waals surface area contributed by atoms with E-state index in [1.165, 1.54) is 0 Å². The number of nitrogens with zero attached hydrogens (tertiary/aromatic N) is 1. The molecule has 0 bridgehead atoms. The van der Waals surface area contributed by atoms with Gasteiger partial charge in [0.1, 0.15) is 11.9 Å². The van der Waals surface area contributed by atoms with Gasteiger partial charge < -0.3 is 10.4 Å². The van der Waals surface area contributed by atoms with Crippen LogP contribution in [-0.2, 0) is 0 Å². The fourth-order valence-electron chi connectivity index (χ4n) is 3.05. The summed E-state index contributed by atoms with van der Waals surface area (Å²) in [5, 5.41) is 17.6. The van der Waals surface area contributed by atoms with Gasteiger partial charge in [0.05, 0.1) is 6.21 Å². The summed E-state index contributed by atoms with van der Waals surface area (Å²) in [5.41, 5.74) is 8.24. The maximum absolute atomic E-state index is 9.84. The highest BCUT2D eigenvalue weighted by molar-refractivity contribution is 9.10. The molecule has 0 amide bonds. The summed E-state index contributed by atoms with van der Waals surface area (Å²) in [4.78, 5) is 0. The lowest BCUT2D eigenvalue weighted by Crippen LogP contribution is -2.33. The average Bonchev–Trinajstić information content (AvgIpc) is 2.70. The minimum Gasteiger partial charge on any atom is -0.507 e. The fraction of sp³-hybridized carbons (Fsp3) is 0.0455. The summed E-state index contributed by atoms with van der Waals surface area (Å²) < 4.78 is 1.04. The van der Waals surface area contributed by atoms with Gasteiger partial charge in [-0.1, -0.05) is 58.4 Å². The standard InChI is InChI=1S/C22H18BrN3O/c23-17-10-11-20-19(12-17)18(15-6-2-1-3-7-15)13-22(25-20)26-24-14-16-8-4-5-9-21(16)27/h1-14,22,25-27H. The van der Waals surface area contributed by atoms with Gasteiger partial charge in [-0.25, -0.2) is 0 Å². The third-order valence-corrected chi connectivity index (χ3v) is 4.85. The van der Waals surface area contributed by atoms with Crippen LogP contribution in [0.2, 0.25) is 0 Å². The first-order chi connectivity index (χ1) is 13.2. The Bertz CT molecular complexity index is 1020. The van der Waals surface area contributed by atoms with Gasteiger partial charge in [0, 0.05) is 21.3 Å². The molecule has 134 valence electrons. The van der Waals surface area contributed by atoms with Crippen molar-refractivity contribution in [2.45, 2.75) is 6.17 Å². The molecule has 1 aliphatic heterocycles. The van der Waals surface area contributed by atoms with Crippen molar-refractivity contribution in [2.24, 2.45) is 5.10 Å². The molecule has 3 aromatic rings. The number of hydrazone groups is 1. The van der Waals surface area contributed by atoms with Crippen LogP contribution in [0.4, 0.5) is 5.69 Å². The first-order valence-corrected chi connectivity index (χ1v) is 9.40. The SMILES string of the molecule is Oc1ccccc1C=NNC1C=C(c2ccccc2)c2cc(Br)ccc2N1. The van der Waals surface area contributed by atoms with Crippen LogP contribution in [0.5, 0.6) is 5.75 Å². The molecule has 5 heteroatoms. The highest BCUT2D eigenvalue weighted by atomic mass is 79.9. The Morgan fingerprint density at radius 2 is 1.78 bits per heavy atom. The van der Waals surface area contributed by atoms with Gasteiger partial charge in [0.2, 0.25) is 0 Å². The Labute approximate surface area is 166 Å². The Morgan fingerprint density at radius 3 is 2.59 bits per heavy atom. The van der Waals surface area contributed by atoms with E-state index in [1.54, 1.807) is 18.3 Å². The van der Waals surface area contributed by atoms with Crippen molar-refractivity contribution in [1.82, 2.24) is 5.43 Å². The topological polar surface area (TPSA) is 56.7 Å². The van der Waals surface area contributed by atoms with Crippen molar-refractivity contribution in [1.29, 1.82) is 0 Å². The van der Waals surface area contributed by atoms with Crippen LogP contribution in [0.25, 0.3) is 5.57 Å². The number of benzene rings is 3. The van der Waals surface area contributed by atoms with Crippen molar-refractivity contribution in [3.05, 3.63) is 100 Å². The maximum atomic E-state index is 9.84. The van der Waals surface area contributed by atoms with Gasteiger partial charge in [-0.2, -0.15) is 5.10 Å². The van der Waals surface area contributed by atoms with Gasteiger partial charge >= 0.3 is 0 Å². The molecule has 27 heavy (non-hydrogen) atoms. The van der Waals surface area contributed by atoms with E-state index >= 15 is 0 Å². The van der Waals surface area contributed by atoms with Gasteiger partial charge in [-0.05, 0) is 47.5 Å². The highest BCUT2D eigenvalue weighted by Crippen LogP contribution is 2.35. The van der Waals surface area contributed by atoms with Crippen molar-refractivity contribution < 1.29 is 5.11 Å². The zero-order valence-corrected chi connectivity index (χ0v) is 16.0. The highest BCUT2D eigenvalue weighted by Gasteiger charge is 2.19. The first kappa shape index (κ1) is 17.4. The summed E-state index contributed by atoms with van der Waals surface area (Å²) in [5.74, 6) is 0.204. The fourth-order valence-corrected chi connectivity index (χ4v) is 3.41. The number of anilines is 1. The molecule has 4 nitrogen and oxygen atoms in total. The quantitative estimate of drug-likeness (QED) is 0.413. The summed E-state index contributed by atoms with van der Waals surface area (Å²) in [6.07, 6.45) is 3.56. The Morgan fingerprint density at radius 1 is 1.00 bits per heavy atom. The van der Waals surface area contributed by atoms with Crippen LogP contribution in [0.1, 0.15) is 16.7 Å². The van der Waals surface area contributed by atoms with E-state index in [-0.39, 0.29) is 11.9 Å². The lowest BCUT2D eigenvalue weighted by atomic mass is 9.93. The molecule has 4 rings (SSSR count). The second-order valence-electron chi connectivity index (χ2n) is 6.20. The summed E-state index contributed by atoms with van der Waals surface area (Å²) in [6.45, 7) is 0. The summed E-state index contributed by atoms with van der Waals surface area (Å²) in [7, 11) is 0. The van der Waals surface area contributed by atoms with Gasteiger partial charge in [-0.3, -0.25) is 5.43 Å². The zero-order valence-electron chi connectivity index (χ0n) is 14.4. The molecule has 1 unspecified atom stereocenters. The largest absolute Gasteiger partial charge is 0.507 e. The van der Waals surface area contributed by atoms with Crippen molar-refractivity contribution >= 4 is 33.4 Å². The normalized spacial score (nSPS) is 15.7. The number of halogens is 1. The van der Waals surface area contributed by atoms with Crippen molar-refractivity contribution in [3.63, 3.8) is 0 Å². The maximum Gasteiger partial charge on any atom is 0.133 e. The molecule has 0 radical (unpaired) electrons. The van der Waals surface area contributed by atoms with Crippen LogP contribution in [-0.4, -0.2) is 17.5 Å². The van der Waals surface area contributed by atoms with Gasteiger partial charge in [0.15, 0.2) is 0 Å². The average molecular weight is 420 g/mol. The number of hydrogen-bond acceptors (Lipinski definition) is 4. The van der Waals surface area contributed by atoms with E-state index in [2.05, 4.69) is 62.1 Å². The number of phenols is 1. The Hall–Kier alpha value is -3.05. The molecule has 0 spiro atoms. The van der Waals surface area contributed by atoms with Crippen LogP contribution in [0.15, 0.2) is 88.4 Å². The molecular formula is C22H18BrN3O. The van der Waals surface area contributed by atoms with Crippen molar-refractivity contribution in [2.75, 3.05) is 5.32 Å². The van der Waals surface area contributed by atoms with E-state index in [0.29, 0.717) is 5.56 Å². The molecule has 3 N–H and O–H groups in total. The Kier molecular flexibility index (Phi) is 4.94. The minimum absolute atomic E-state index is 0.170. The number of para-hydroxylation sites is 1. The predicted molar refractivity (Wildman–Crippen MR) is 114 cm³/mol. The van der Waals surface area contributed by atoms with Crippen molar-refractivity contribution in [3.8, 4) is 5.75 Å². The van der Waals surface area contributed by atoms with E-state index in [9.17, 15) is 5.11 Å². The molecule has 3 aromatic carbocycles. The number of hydrogen-bond donors (Lipinski definition) is 3. The van der Waals surface area contributed by atoms with Crippen LogP contribution >= 0.6 is 15.9 Å². The third kappa shape index (κ3) is 3.88. The molecule has 1 atom stereocenters. The summed E-state index contributed by atoms with van der Waals surface area (Å²) in [6, 6.07) is 23.6. The predicted octanol–water partition coefficient (Wildman–Crippen LogP) is 4.96. The summed E-state index contributed by atoms with van der Waals surface area (Å²) >= 11 is 3.56. The second kappa shape index (κ2) is 7.68. The number of aromatic hydroxyl groups is 1. The van der Waals surface area contributed by atoms with E-state index in [0.717, 1.165) is 26.9 Å². The lowest BCUT2D eigenvalue weighted by molar-refractivity contribution is 0.474. The third-order valence-electron chi connectivity index (χ3n) is 4.35. The van der Waals surface area contributed by atoms with Crippen LogP contribution < -0.4 is 10.7 Å². The van der Waals surface area contributed by atoms with E-state index in [1.807, 2.05) is 36.4 Å². The molecular weight excluding hydrogens is 402 g/mol. The number of phenolic OH excluding ortho intramolecular Hbond substituents is 1. The van der Waals surface area contributed by atoms with E-state index < -0.39 is 0 Å². The molecule has 1 heterocycles. The lowest BCUT2D eigenvalue weighted by Gasteiger charge is -2.26. The van der Waals surface area contributed by atoms with Crippen LogP contribution in [0, 0.1) is 0 Å². The number of nitrogens with one attached hydrogen (secondary N) is 2. The monoisotopic (exact) mass is 419 g/mol. The second-order valence-corrected chi connectivity index (χ2v) is 7.12. The molecule has 0 saturated carbocycles. The molecule has 1 aliphatic rings. The smallest absolute Gasteiger partial charge is 0.133 e. The number of fused-ring (bicyclic) bond motifs is 1. The van der Waals surface area contributed by atoms with E-state index in [4.69, 9.17) is 0 Å².